The Morgan fingerprint density at radius 1 is 0.776 bits per heavy atom. The van der Waals surface area contributed by atoms with E-state index >= 15 is 4.39 Å². The van der Waals surface area contributed by atoms with Gasteiger partial charge in [0.2, 0.25) is 0 Å². The quantitative estimate of drug-likeness (QED) is 0.0861. The molecule has 0 bridgehead atoms. The first-order valence-corrected chi connectivity index (χ1v) is 20.7. The van der Waals surface area contributed by atoms with Crippen molar-refractivity contribution in [2.45, 2.75) is 16.2 Å². The van der Waals surface area contributed by atoms with Crippen LogP contribution in [0.1, 0.15) is 6.42 Å². The van der Waals surface area contributed by atoms with Crippen LogP contribution < -0.4 is 18.9 Å². The zero-order valence-electron chi connectivity index (χ0n) is 31.0. The Labute approximate surface area is 333 Å². The summed E-state index contributed by atoms with van der Waals surface area (Å²) in [4.78, 5) is 5.70. The van der Waals surface area contributed by atoms with Gasteiger partial charge < -0.3 is 18.9 Å². The average molecular weight is 838 g/mol. The number of nitrogens with one attached hydrogen (secondary N) is 1. The fourth-order valence-corrected chi connectivity index (χ4v) is 7.58. The van der Waals surface area contributed by atoms with Crippen molar-refractivity contribution in [3.05, 3.63) is 133 Å². The van der Waals surface area contributed by atoms with Gasteiger partial charge in [-0.25, -0.2) is 21.6 Å². The summed E-state index contributed by atoms with van der Waals surface area (Å²) in [6.07, 6.45) is 2.32. The Kier molecular flexibility index (Phi) is 13.5. The standard InChI is InChI=1S/C29H28F3N3O6S.C12H10O3S/c1-38-27-17-21-24(18-28(27)40-12-2-9-35-10-13-39-14-11-35)33-8-7-25(21)41-26-6-4-20(16-23(26)32)34-42(36,37)29-15-19(30)3-5-22(29)31;13-16(14,15)12-8-4-7-11(9-12)10-5-2-1-3-6-10/h3-8,15-18,34H,2,9-14H2,1H3;1-9H,(H,13,14,15). The summed E-state index contributed by atoms with van der Waals surface area (Å²) in [5.41, 5.74) is 1.99. The summed E-state index contributed by atoms with van der Waals surface area (Å²) in [7, 11) is -7.15. The molecule has 58 heavy (non-hydrogen) atoms. The number of aromatic nitrogens is 1. The van der Waals surface area contributed by atoms with E-state index in [0.29, 0.717) is 41.1 Å². The van der Waals surface area contributed by atoms with E-state index in [0.717, 1.165) is 62.5 Å². The minimum absolute atomic E-state index is 0.0890. The van der Waals surface area contributed by atoms with Crippen LogP contribution in [0.5, 0.6) is 23.0 Å². The van der Waals surface area contributed by atoms with E-state index in [1.807, 2.05) is 35.1 Å². The van der Waals surface area contributed by atoms with Gasteiger partial charge in [0.1, 0.15) is 22.3 Å². The van der Waals surface area contributed by atoms with Gasteiger partial charge in [-0.3, -0.25) is 19.2 Å². The van der Waals surface area contributed by atoms with Crippen molar-refractivity contribution in [1.82, 2.24) is 9.88 Å². The SMILES string of the molecule is COc1cc2c(Oc3ccc(NS(=O)(=O)c4cc(F)ccc4F)cc3F)ccnc2cc1OCCCN1CCOCC1.O=S(=O)(O)c1cccc(-c2ccccc2)c1. The van der Waals surface area contributed by atoms with Crippen LogP contribution in [0.15, 0.2) is 125 Å². The Bertz CT molecular complexity index is 2600. The first-order valence-electron chi connectivity index (χ1n) is 17.8. The zero-order valence-corrected chi connectivity index (χ0v) is 32.6. The third kappa shape index (κ3) is 10.8. The number of sulfonamides is 1. The largest absolute Gasteiger partial charge is 0.493 e. The third-order valence-electron chi connectivity index (χ3n) is 8.79. The van der Waals surface area contributed by atoms with Crippen LogP contribution >= 0.6 is 0 Å². The van der Waals surface area contributed by atoms with Gasteiger partial charge in [0.15, 0.2) is 23.1 Å². The molecule has 1 aliphatic rings. The molecule has 2 heterocycles. The molecule has 5 aromatic carbocycles. The Balaban J connectivity index is 0.000000295. The van der Waals surface area contributed by atoms with Crippen molar-refractivity contribution in [3.8, 4) is 34.1 Å². The van der Waals surface area contributed by atoms with Gasteiger partial charge in [0.25, 0.3) is 20.1 Å². The number of hydrogen-bond acceptors (Lipinski definition) is 10. The van der Waals surface area contributed by atoms with Crippen LogP contribution in [0.2, 0.25) is 0 Å². The summed E-state index contributed by atoms with van der Waals surface area (Å²) < 4.78 is 123. The van der Waals surface area contributed by atoms with Crippen LogP contribution in [-0.2, 0) is 24.9 Å². The molecule has 1 aliphatic heterocycles. The van der Waals surface area contributed by atoms with Crippen molar-refractivity contribution >= 4 is 36.7 Å². The second-order valence-electron chi connectivity index (χ2n) is 12.8. The molecule has 12 nitrogen and oxygen atoms in total. The van der Waals surface area contributed by atoms with Crippen molar-refractivity contribution < 1.29 is 53.5 Å². The van der Waals surface area contributed by atoms with Crippen molar-refractivity contribution in [1.29, 1.82) is 0 Å². The summed E-state index contributed by atoms with van der Waals surface area (Å²) >= 11 is 0. The lowest BCUT2D eigenvalue weighted by molar-refractivity contribution is 0.0357. The summed E-state index contributed by atoms with van der Waals surface area (Å²) in [5.74, 6) is -1.96. The number of methoxy groups -OCH3 is 1. The summed E-state index contributed by atoms with van der Waals surface area (Å²) in [6, 6.07) is 25.9. The molecule has 304 valence electrons. The molecule has 0 saturated carbocycles. The van der Waals surface area contributed by atoms with Gasteiger partial charge in [-0.1, -0.05) is 42.5 Å². The first kappa shape index (κ1) is 41.9. The molecule has 1 aromatic heterocycles. The minimum atomic E-state index is -4.52. The molecule has 2 N–H and O–H groups in total. The van der Waals surface area contributed by atoms with Crippen molar-refractivity contribution in [2.75, 3.05) is 51.3 Å². The van der Waals surface area contributed by atoms with Gasteiger partial charge in [-0.05, 0) is 72.1 Å². The van der Waals surface area contributed by atoms with Gasteiger partial charge in [-0.15, -0.1) is 0 Å². The van der Waals surface area contributed by atoms with Crippen LogP contribution in [0.3, 0.4) is 0 Å². The van der Waals surface area contributed by atoms with Gasteiger partial charge >= 0.3 is 0 Å². The van der Waals surface area contributed by atoms with E-state index in [1.54, 1.807) is 30.3 Å². The lowest BCUT2D eigenvalue weighted by Crippen LogP contribution is -2.37. The molecule has 0 radical (unpaired) electrons. The third-order valence-corrected chi connectivity index (χ3v) is 11.0. The van der Waals surface area contributed by atoms with Crippen LogP contribution in [0.4, 0.5) is 18.9 Å². The molecule has 0 unspecified atom stereocenters. The van der Waals surface area contributed by atoms with E-state index in [1.165, 1.54) is 37.6 Å². The molecule has 0 amide bonds. The molecule has 0 atom stereocenters. The normalized spacial score (nSPS) is 13.3. The highest BCUT2D eigenvalue weighted by atomic mass is 32.2. The maximum atomic E-state index is 15.0. The van der Waals surface area contributed by atoms with E-state index < -0.39 is 42.5 Å². The molecular weight excluding hydrogens is 800 g/mol. The van der Waals surface area contributed by atoms with Crippen molar-refractivity contribution in [2.24, 2.45) is 0 Å². The van der Waals surface area contributed by atoms with E-state index in [4.69, 9.17) is 23.5 Å². The summed E-state index contributed by atoms with van der Waals surface area (Å²) in [5, 5.41) is 0.528. The second kappa shape index (κ2) is 18.7. The smallest absolute Gasteiger partial charge is 0.294 e. The number of anilines is 1. The first-order chi connectivity index (χ1) is 27.8. The maximum Gasteiger partial charge on any atom is 0.294 e. The highest BCUT2D eigenvalue weighted by molar-refractivity contribution is 7.92. The van der Waals surface area contributed by atoms with Gasteiger partial charge in [-0.2, -0.15) is 8.42 Å². The maximum absolute atomic E-state index is 15.0. The molecule has 1 fully saturated rings. The second-order valence-corrected chi connectivity index (χ2v) is 15.9. The predicted octanol–water partition coefficient (Wildman–Crippen LogP) is 7.96. The number of benzene rings is 5. The number of fused-ring (bicyclic) bond motifs is 1. The molecule has 1 saturated heterocycles. The lowest BCUT2D eigenvalue weighted by atomic mass is 10.1. The van der Waals surface area contributed by atoms with Crippen molar-refractivity contribution in [3.63, 3.8) is 0 Å². The number of nitrogens with zero attached hydrogens (tertiary/aromatic N) is 2. The molecule has 0 spiro atoms. The van der Waals surface area contributed by atoms with Crippen LogP contribution in [0.25, 0.3) is 22.0 Å². The minimum Gasteiger partial charge on any atom is -0.493 e. The lowest BCUT2D eigenvalue weighted by Gasteiger charge is -2.26. The number of halogens is 3. The fourth-order valence-electron chi connectivity index (χ4n) is 5.91. The Morgan fingerprint density at radius 3 is 2.26 bits per heavy atom. The van der Waals surface area contributed by atoms with Gasteiger partial charge in [0, 0.05) is 43.4 Å². The zero-order chi connectivity index (χ0) is 41.3. The highest BCUT2D eigenvalue weighted by Gasteiger charge is 2.21. The highest BCUT2D eigenvalue weighted by Crippen LogP contribution is 2.38. The Morgan fingerprint density at radius 2 is 1.53 bits per heavy atom. The number of ether oxygens (including phenoxy) is 4. The molecule has 17 heteroatoms. The number of hydrogen-bond donors (Lipinski definition) is 2. The van der Waals surface area contributed by atoms with Crippen LogP contribution in [-0.4, -0.2) is 77.8 Å². The van der Waals surface area contributed by atoms with E-state index in [-0.39, 0.29) is 22.1 Å². The summed E-state index contributed by atoms with van der Waals surface area (Å²) in [6.45, 7) is 4.64. The topological polar surface area (TPSA) is 154 Å². The van der Waals surface area contributed by atoms with E-state index in [9.17, 15) is 25.6 Å². The molecule has 0 aliphatic carbocycles. The van der Waals surface area contributed by atoms with Gasteiger partial charge in [0.05, 0.1) is 43.0 Å². The average Bonchev–Trinajstić information content (AvgIpc) is 3.21. The number of morpholine rings is 1. The predicted molar refractivity (Wildman–Crippen MR) is 211 cm³/mol. The fraction of sp³-hybridized carbons (Fsp3) is 0.195. The number of rotatable bonds is 13. The Hall–Kier alpha value is -5.72. The monoisotopic (exact) mass is 837 g/mol. The van der Waals surface area contributed by atoms with Crippen LogP contribution in [0, 0.1) is 17.5 Å². The number of pyridine rings is 1. The molecule has 6 aromatic rings. The van der Waals surface area contributed by atoms with E-state index in [2.05, 4.69) is 9.88 Å². The molecular formula is C41H38F3N3O9S2. The molecule has 7 rings (SSSR count).